The van der Waals surface area contributed by atoms with Gasteiger partial charge in [-0.1, -0.05) is 47.5 Å². The summed E-state index contributed by atoms with van der Waals surface area (Å²) in [5.41, 5.74) is 1.93. The summed E-state index contributed by atoms with van der Waals surface area (Å²) in [6, 6.07) is 23.3. The minimum absolute atomic E-state index is 0.0416. The van der Waals surface area contributed by atoms with Gasteiger partial charge in [-0.3, -0.25) is 9.44 Å². The van der Waals surface area contributed by atoms with Gasteiger partial charge in [0.05, 0.1) is 31.0 Å². The van der Waals surface area contributed by atoms with Crippen molar-refractivity contribution in [3.8, 4) is 0 Å². The van der Waals surface area contributed by atoms with E-state index in [1.807, 2.05) is 13.8 Å². The van der Waals surface area contributed by atoms with Crippen molar-refractivity contribution in [3.05, 3.63) is 108 Å². The lowest BCUT2D eigenvalue weighted by molar-refractivity contribution is 0.594. The van der Waals surface area contributed by atoms with Crippen LogP contribution in [-0.4, -0.2) is 25.3 Å². The molecule has 0 aliphatic carbocycles. The van der Waals surface area contributed by atoms with Gasteiger partial charge in [-0.25, -0.2) is 25.3 Å². The van der Waals surface area contributed by atoms with Crippen molar-refractivity contribution < 1.29 is 25.3 Å². The monoisotopic (exact) mass is 556 g/mol. The number of anilines is 2. The maximum Gasteiger partial charge on any atom is 0.261 e. The third kappa shape index (κ3) is 6.01. The number of hydrogen-bond acceptors (Lipinski definition) is 6. The van der Waals surface area contributed by atoms with E-state index in [-0.39, 0.29) is 31.0 Å². The minimum atomic E-state index is -4.11. The molecule has 0 saturated heterocycles. The van der Waals surface area contributed by atoms with Crippen molar-refractivity contribution in [1.29, 1.82) is 0 Å². The first kappa shape index (κ1) is 26.4. The zero-order valence-corrected chi connectivity index (χ0v) is 22.4. The lowest BCUT2D eigenvalue weighted by Gasteiger charge is -2.12. The Balaban J connectivity index is 1.61. The van der Waals surface area contributed by atoms with Crippen LogP contribution in [-0.2, 0) is 29.9 Å². The van der Waals surface area contributed by atoms with E-state index in [0.29, 0.717) is 0 Å². The molecule has 0 spiro atoms. The Morgan fingerprint density at radius 1 is 0.459 bits per heavy atom. The normalized spacial score (nSPS) is 12.2. The van der Waals surface area contributed by atoms with Crippen LogP contribution in [0.25, 0.3) is 0 Å². The summed E-state index contributed by atoms with van der Waals surface area (Å²) in [4.78, 5) is -0.231. The first-order valence-electron chi connectivity index (χ1n) is 11.0. The largest absolute Gasteiger partial charge is 0.280 e. The van der Waals surface area contributed by atoms with E-state index < -0.39 is 29.9 Å². The average molecular weight is 557 g/mol. The molecule has 0 aromatic heterocycles. The van der Waals surface area contributed by atoms with Crippen LogP contribution >= 0.6 is 0 Å². The van der Waals surface area contributed by atoms with E-state index >= 15 is 0 Å². The predicted octanol–water partition coefficient (Wildman–Crippen LogP) is 4.74. The van der Waals surface area contributed by atoms with Crippen LogP contribution in [0, 0.1) is 13.8 Å². The van der Waals surface area contributed by atoms with Crippen molar-refractivity contribution in [2.75, 3.05) is 9.44 Å². The zero-order chi connectivity index (χ0) is 26.8. The fourth-order valence-electron chi connectivity index (χ4n) is 3.45. The third-order valence-corrected chi connectivity index (χ3v) is 10.00. The molecule has 4 aromatic carbocycles. The molecule has 4 aromatic rings. The maximum atomic E-state index is 13.3. The fraction of sp³-hybridized carbons (Fsp3) is 0.0769. The minimum Gasteiger partial charge on any atom is -0.280 e. The number of benzene rings is 4. The third-order valence-electron chi connectivity index (χ3n) is 5.46. The van der Waals surface area contributed by atoms with Gasteiger partial charge in [0.1, 0.15) is 0 Å². The second-order valence-corrected chi connectivity index (χ2v) is 13.7. The fourth-order valence-corrected chi connectivity index (χ4v) is 6.90. The quantitative estimate of drug-likeness (QED) is 0.323. The molecule has 0 atom stereocenters. The molecule has 4 rings (SSSR count). The Kier molecular flexibility index (Phi) is 7.13. The molecule has 37 heavy (non-hydrogen) atoms. The van der Waals surface area contributed by atoms with Crippen LogP contribution in [0.15, 0.2) is 117 Å². The Hall–Kier alpha value is -3.67. The summed E-state index contributed by atoms with van der Waals surface area (Å²) in [7, 11) is -12.0. The average Bonchev–Trinajstić information content (AvgIpc) is 2.84. The summed E-state index contributed by atoms with van der Waals surface area (Å²) in [5.74, 6) is 0. The van der Waals surface area contributed by atoms with Crippen molar-refractivity contribution >= 4 is 41.3 Å². The number of nitrogens with one attached hydrogen (secondary N) is 2. The van der Waals surface area contributed by atoms with Gasteiger partial charge in [0, 0.05) is 0 Å². The van der Waals surface area contributed by atoms with Crippen molar-refractivity contribution in [1.82, 2.24) is 0 Å². The first-order chi connectivity index (χ1) is 17.4. The van der Waals surface area contributed by atoms with Crippen molar-refractivity contribution in [2.45, 2.75) is 33.4 Å². The van der Waals surface area contributed by atoms with E-state index in [1.54, 1.807) is 24.3 Å². The molecule has 0 radical (unpaired) electrons. The smallest absolute Gasteiger partial charge is 0.261 e. The van der Waals surface area contributed by atoms with Gasteiger partial charge in [-0.05, 0) is 74.5 Å². The number of hydrogen-bond donors (Lipinski definition) is 2. The van der Waals surface area contributed by atoms with E-state index in [1.165, 1.54) is 72.8 Å². The Morgan fingerprint density at radius 3 is 1.16 bits per heavy atom. The van der Waals surface area contributed by atoms with Gasteiger partial charge in [0.25, 0.3) is 20.0 Å². The predicted molar refractivity (Wildman–Crippen MR) is 142 cm³/mol. The molecule has 0 aliphatic rings. The van der Waals surface area contributed by atoms with Gasteiger partial charge >= 0.3 is 0 Å². The van der Waals surface area contributed by atoms with Gasteiger partial charge in [-0.2, -0.15) is 0 Å². The molecule has 11 heteroatoms. The van der Waals surface area contributed by atoms with Crippen LogP contribution in [0.4, 0.5) is 11.4 Å². The lowest BCUT2D eigenvalue weighted by Crippen LogP contribution is -2.14. The molecule has 0 saturated carbocycles. The van der Waals surface area contributed by atoms with E-state index in [2.05, 4.69) is 9.44 Å². The molecule has 2 N–H and O–H groups in total. The van der Waals surface area contributed by atoms with Crippen molar-refractivity contribution in [2.24, 2.45) is 0 Å². The molecule has 0 bridgehead atoms. The highest BCUT2D eigenvalue weighted by atomic mass is 32.2. The summed E-state index contributed by atoms with van der Waals surface area (Å²) in [6.45, 7) is 3.67. The second kappa shape index (κ2) is 10.0. The molecule has 0 aliphatic heterocycles. The van der Waals surface area contributed by atoms with Crippen molar-refractivity contribution in [3.63, 3.8) is 0 Å². The Labute approximate surface area is 217 Å². The highest BCUT2D eigenvalue weighted by Crippen LogP contribution is 2.27. The first-order valence-corrected chi connectivity index (χ1v) is 15.5. The van der Waals surface area contributed by atoms with Crippen LogP contribution < -0.4 is 9.44 Å². The van der Waals surface area contributed by atoms with E-state index in [0.717, 1.165) is 11.1 Å². The number of aryl methyl sites for hydroxylation is 2. The van der Waals surface area contributed by atoms with Gasteiger partial charge in [0.2, 0.25) is 9.84 Å². The molecular formula is C26H24N2O6S3. The highest BCUT2D eigenvalue weighted by molar-refractivity contribution is 7.93. The van der Waals surface area contributed by atoms with Gasteiger partial charge < -0.3 is 0 Å². The van der Waals surface area contributed by atoms with E-state index in [9.17, 15) is 25.3 Å². The van der Waals surface area contributed by atoms with E-state index in [4.69, 9.17) is 0 Å². The van der Waals surface area contributed by atoms with Gasteiger partial charge in [-0.15, -0.1) is 0 Å². The zero-order valence-electron chi connectivity index (χ0n) is 19.9. The molecule has 8 nitrogen and oxygen atoms in total. The summed E-state index contributed by atoms with van der Waals surface area (Å²) in [5, 5.41) is 0. The molecule has 0 heterocycles. The molecule has 0 amide bonds. The number of sulfone groups is 1. The van der Waals surface area contributed by atoms with Gasteiger partial charge in [0.15, 0.2) is 0 Å². The summed E-state index contributed by atoms with van der Waals surface area (Å²) < 4.78 is 82.4. The second-order valence-electron chi connectivity index (χ2n) is 8.40. The lowest BCUT2D eigenvalue weighted by atomic mass is 10.2. The Morgan fingerprint density at radius 2 is 0.811 bits per heavy atom. The molecular weight excluding hydrogens is 532 g/mol. The highest BCUT2D eigenvalue weighted by Gasteiger charge is 2.21. The molecule has 0 unspecified atom stereocenters. The standard InChI is InChI=1S/C26H24N2O6S3/c1-19-9-13-23(14-10-19)36(31,32)27-21-5-3-7-25(17-21)35(29,30)26-8-4-6-22(18-26)28-37(33,34)24-15-11-20(2)12-16-24/h3-18,27-28H,1-2H3. The topological polar surface area (TPSA) is 126 Å². The molecule has 0 fully saturated rings. The number of rotatable bonds is 8. The summed E-state index contributed by atoms with van der Waals surface area (Å²) >= 11 is 0. The summed E-state index contributed by atoms with van der Waals surface area (Å²) in [6.07, 6.45) is 0. The van der Waals surface area contributed by atoms with Crippen LogP contribution in [0.2, 0.25) is 0 Å². The number of sulfonamides is 2. The van der Waals surface area contributed by atoms with Crippen LogP contribution in [0.1, 0.15) is 11.1 Å². The Bertz CT molecular complexity index is 1640. The maximum absolute atomic E-state index is 13.3. The van der Waals surface area contributed by atoms with Crippen LogP contribution in [0.5, 0.6) is 0 Å². The molecule has 192 valence electrons. The van der Waals surface area contributed by atoms with Crippen LogP contribution in [0.3, 0.4) is 0 Å². The SMILES string of the molecule is Cc1ccc(S(=O)(=O)Nc2cccc(S(=O)(=O)c3cccc(NS(=O)(=O)c4ccc(C)cc4)c3)c2)cc1.